The van der Waals surface area contributed by atoms with E-state index in [1.165, 1.54) is 11.8 Å². The van der Waals surface area contributed by atoms with Gasteiger partial charge in [0.2, 0.25) is 0 Å². The first-order valence-corrected chi connectivity index (χ1v) is 9.70. The predicted molar refractivity (Wildman–Crippen MR) is 107 cm³/mol. The molecule has 0 bridgehead atoms. The van der Waals surface area contributed by atoms with Crippen LogP contribution >= 0.6 is 11.8 Å². The van der Waals surface area contributed by atoms with Crippen LogP contribution in [-0.2, 0) is 15.1 Å². The minimum atomic E-state index is -1.37. The van der Waals surface area contributed by atoms with Crippen LogP contribution in [0.2, 0.25) is 0 Å². The molecular weight excluding hydrogens is 378 g/mol. The normalized spacial score (nSPS) is 12.5. The number of hydrogen-bond donors (Lipinski definition) is 3. The summed E-state index contributed by atoms with van der Waals surface area (Å²) in [5.41, 5.74) is 5.37. The van der Waals surface area contributed by atoms with Crippen LogP contribution in [0.5, 0.6) is 5.75 Å². The maximum atomic E-state index is 12.3. The van der Waals surface area contributed by atoms with Crippen molar-refractivity contribution in [2.45, 2.75) is 23.8 Å². The summed E-state index contributed by atoms with van der Waals surface area (Å²) < 4.78 is 5.40. The topological polar surface area (TPSA) is 125 Å². The smallest absolute Gasteiger partial charge is 0.334 e. The molecule has 146 valence electrons. The van der Waals surface area contributed by atoms with Gasteiger partial charge >= 0.3 is 5.97 Å². The zero-order chi connectivity index (χ0) is 20.7. The highest BCUT2D eigenvalue weighted by Gasteiger charge is 2.39. The van der Waals surface area contributed by atoms with Gasteiger partial charge in [-0.1, -0.05) is 13.0 Å². The molecule has 0 fully saturated rings. The lowest BCUT2D eigenvalue weighted by Gasteiger charge is -2.31. The Balaban J connectivity index is 2.45. The third-order valence-electron chi connectivity index (χ3n) is 4.29. The number of carbonyl (C=O) groups excluding carboxylic acids is 1. The first-order valence-electron chi connectivity index (χ1n) is 8.47. The van der Waals surface area contributed by atoms with Crippen molar-refractivity contribution in [3.05, 3.63) is 53.6 Å². The van der Waals surface area contributed by atoms with E-state index in [0.29, 0.717) is 27.5 Å². The summed E-state index contributed by atoms with van der Waals surface area (Å²) in [7, 11) is 0. The number of aliphatic carboxylic acids is 1. The molecule has 28 heavy (non-hydrogen) atoms. The second-order valence-corrected chi connectivity index (χ2v) is 6.85. The number of amides is 1. The number of thioether (sulfide) groups is 1. The number of carboxylic acid groups (broad SMARTS) is 1. The van der Waals surface area contributed by atoms with E-state index in [2.05, 4.69) is 5.32 Å². The fraction of sp³-hybridized carbons (Fsp3) is 0.250. The van der Waals surface area contributed by atoms with Crippen LogP contribution in [0.15, 0.2) is 47.4 Å². The molecule has 2 aromatic rings. The maximum absolute atomic E-state index is 12.3. The van der Waals surface area contributed by atoms with Gasteiger partial charge in [-0.15, -0.1) is 11.8 Å². The average Bonchev–Trinajstić information content (AvgIpc) is 2.70. The Morgan fingerprint density at radius 2 is 1.96 bits per heavy atom. The molecule has 0 aliphatic heterocycles. The monoisotopic (exact) mass is 399 g/mol. The number of primary amides is 1. The molecule has 0 aliphatic carbocycles. The number of nitrogens with zero attached hydrogens (tertiary/aromatic N) is 1. The second-order valence-electron chi connectivity index (χ2n) is 6.00. The molecule has 0 spiro atoms. The Kier molecular flexibility index (Phi) is 6.90. The summed E-state index contributed by atoms with van der Waals surface area (Å²) in [6, 6.07) is 13.7. The molecular formula is C20H21N3O4S. The van der Waals surface area contributed by atoms with Crippen LogP contribution in [0.1, 0.15) is 24.5 Å². The zero-order valence-corrected chi connectivity index (χ0v) is 16.4. The van der Waals surface area contributed by atoms with Crippen molar-refractivity contribution < 1.29 is 19.4 Å². The number of nitriles is 1. The minimum absolute atomic E-state index is 0.256. The van der Waals surface area contributed by atoms with E-state index in [0.717, 1.165) is 0 Å². The number of carbonyl (C=O) groups is 2. The summed E-state index contributed by atoms with van der Waals surface area (Å²) >= 11 is 1.38. The van der Waals surface area contributed by atoms with Crippen LogP contribution in [0.4, 0.5) is 5.69 Å². The van der Waals surface area contributed by atoms with Gasteiger partial charge in [-0.2, -0.15) is 5.26 Å². The van der Waals surface area contributed by atoms with Gasteiger partial charge in [0.05, 0.1) is 11.6 Å². The summed E-state index contributed by atoms with van der Waals surface area (Å²) in [4.78, 5) is 23.9. The fourth-order valence-corrected chi connectivity index (χ4v) is 3.34. The lowest BCUT2D eigenvalue weighted by Crippen LogP contribution is -2.43. The Bertz CT molecular complexity index is 909. The van der Waals surface area contributed by atoms with Gasteiger partial charge in [-0.3, -0.25) is 4.79 Å². The number of carboxylic acids is 1. The first-order chi connectivity index (χ1) is 13.4. The highest BCUT2D eigenvalue weighted by atomic mass is 32.2. The Hall–Kier alpha value is -3.18. The highest BCUT2D eigenvalue weighted by Crippen LogP contribution is 2.36. The van der Waals surface area contributed by atoms with Gasteiger partial charge in [-0.25, -0.2) is 4.79 Å². The molecule has 8 heteroatoms. The van der Waals surface area contributed by atoms with Gasteiger partial charge in [0.25, 0.3) is 5.91 Å². The van der Waals surface area contributed by atoms with Crippen molar-refractivity contribution in [2.24, 2.45) is 5.73 Å². The number of hydrogen-bond acceptors (Lipinski definition) is 6. The highest BCUT2D eigenvalue weighted by molar-refractivity contribution is 7.98. The molecule has 7 nitrogen and oxygen atoms in total. The maximum Gasteiger partial charge on any atom is 0.334 e. The lowest BCUT2D eigenvalue weighted by molar-refractivity contribution is -0.142. The molecule has 1 atom stereocenters. The standard InChI is InChI=1S/C20H21N3O4S/c1-3-20(19(25)26,23-15-7-4-13(11-21)5-8-15)14-6-9-16(17(10-14)28-2)27-12-18(22)24/h4-10,23H,3,12H2,1-2H3,(H2,22,24)(H,25,26). The van der Waals surface area contributed by atoms with E-state index in [1.54, 1.807) is 49.4 Å². The van der Waals surface area contributed by atoms with Crippen LogP contribution in [0, 0.1) is 11.3 Å². The number of benzene rings is 2. The molecule has 2 aromatic carbocycles. The van der Waals surface area contributed by atoms with Crippen molar-refractivity contribution in [3.8, 4) is 11.8 Å². The van der Waals surface area contributed by atoms with Crippen molar-refractivity contribution in [3.63, 3.8) is 0 Å². The van der Waals surface area contributed by atoms with Crippen LogP contribution < -0.4 is 15.8 Å². The van der Waals surface area contributed by atoms with E-state index < -0.39 is 17.4 Å². The number of rotatable bonds is 9. The zero-order valence-electron chi connectivity index (χ0n) is 15.6. The molecule has 0 heterocycles. The minimum Gasteiger partial charge on any atom is -0.483 e. The lowest BCUT2D eigenvalue weighted by atomic mass is 9.86. The van der Waals surface area contributed by atoms with Crippen molar-refractivity contribution in [1.82, 2.24) is 0 Å². The van der Waals surface area contributed by atoms with Crippen LogP contribution in [-0.4, -0.2) is 29.8 Å². The number of nitrogens with one attached hydrogen (secondary N) is 1. The first kappa shape index (κ1) is 21.1. The fourth-order valence-electron chi connectivity index (χ4n) is 2.77. The SMILES string of the molecule is CCC(Nc1ccc(C#N)cc1)(C(=O)O)c1ccc(OCC(N)=O)c(SC)c1. The molecule has 0 radical (unpaired) electrons. The van der Waals surface area contributed by atoms with E-state index in [9.17, 15) is 14.7 Å². The van der Waals surface area contributed by atoms with E-state index in [4.69, 9.17) is 15.7 Å². The third-order valence-corrected chi connectivity index (χ3v) is 5.05. The quantitative estimate of drug-likeness (QED) is 0.554. The Labute approximate surface area is 167 Å². The van der Waals surface area contributed by atoms with Crippen LogP contribution in [0.25, 0.3) is 0 Å². The summed E-state index contributed by atoms with van der Waals surface area (Å²) in [5, 5.41) is 22.1. The average molecular weight is 399 g/mol. The van der Waals surface area contributed by atoms with Crippen molar-refractivity contribution in [1.29, 1.82) is 5.26 Å². The second kappa shape index (κ2) is 9.15. The van der Waals surface area contributed by atoms with Gasteiger partial charge in [-0.05, 0) is 54.6 Å². The van der Waals surface area contributed by atoms with Gasteiger partial charge in [0.15, 0.2) is 12.1 Å². The molecule has 0 aromatic heterocycles. The van der Waals surface area contributed by atoms with Gasteiger partial charge in [0, 0.05) is 10.6 Å². The number of ether oxygens (including phenoxy) is 1. The van der Waals surface area contributed by atoms with E-state index in [1.807, 2.05) is 12.3 Å². The Morgan fingerprint density at radius 1 is 1.29 bits per heavy atom. The van der Waals surface area contributed by atoms with E-state index in [-0.39, 0.29) is 13.0 Å². The summed E-state index contributed by atoms with van der Waals surface area (Å²) in [5.74, 6) is -1.16. The number of nitrogens with two attached hydrogens (primary N) is 1. The number of anilines is 1. The van der Waals surface area contributed by atoms with Crippen molar-refractivity contribution in [2.75, 3.05) is 18.2 Å². The molecule has 1 amide bonds. The largest absolute Gasteiger partial charge is 0.483 e. The third kappa shape index (κ3) is 4.56. The predicted octanol–water partition coefficient (Wildman–Crippen LogP) is 2.95. The van der Waals surface area contributed by atoms with Gasteiger partial charge < -0.3 is 20.9 Å². The van der Waals surface area contributed by atoms with Gasteiger partial charge in [0.1, 0.15) is 5.75 Å². The van der Waals surface area contributed by atoms with E-state index >= 15 is 0 Å². The molecule has 0 saturated carbocycles. The Morgan fingerprint density at radius 3 is 2.46 bits per heavy atom. The van der Waals surface area contributed by atoms with Crippen LogP contribution in [0.3, 0.4) is 0 Å². The van der Waals surface area contributed by atoms with Crippen molar-refractivity contribution >= 4 is 29.3 Å². The summed E-state index contributed by atoms with van der Waals surface area (Å²) in [6.07, 6.45) is 2.11. The molecule has 2 rings (SSSR count). The molecule has 4 N–H and O–H groups in total. The summed E-state index contributed by atoms with van der Waals surface area (Å²) in [6.45, 7) is 1.52. The molecule has 1 unspecified atom stereocenters. The molecule has 0 saturated heterocycles. The molecule has 0 aliphatic rings.